The van der Waals surface area contributed by atoms with Gasteiger partial charge in [-0.2, -0.15) is 0 Å². The Morgan fingerprint density at radius 3 is 3.30 bits per heavy atom. The lowest BCUT2D eigenvalue weighted by atomic mass is 9.91. The van der Waals surface area contributed by atoms with E-state index < -0.39 is 0 Å². The normalized spacial score (nSPS) is 29.6. The summed E-state index contributed by atoms with van der Waals surface area (Å²) in [4.78, 5) is 3.40. The van der Waals surface area contributed by atoms with Crippen LogP contribution in [-0.2, 0) is 0 Å². The number of allylic oxidation sites excluding steroid dienone is 4. The molecule has 0 aromatic carbocycles. The van der Waals surface area contributed by atoms with Gasteiger partial charge in [-0.05, 0) is 6.42 Å². The molecule has 2 rings (SSSR count). The first-order valence-electron chi connectivity index (χ1n) is 3.92. The minimum atomic E-state index is 0.693. The largest absolute Gasteiger partial charge is 0.245 e. The summed E-state index contributed by atoms with van der Waals surface area (Å²) in [5.74, 6) is 0.693. The fraction of sp³-hybridized carbons (Fsp3) is 0.444. The van der Waals surface area contributed by atoms with Gasteiger partial charge < -0.3 is 0 Å². The number of hydrogen-bond acceptors (Lipinski definition) is 0. The number of hydrogen-bond donors (Lipinski definition) is 1. The molecule has 1 atom stereocenters. The van der Waals surface area contributed by atoms with Crippen molar-refractivity contribution in [2.45, 2.75) is 12.8 Å². The zero-order chi connectivity index (χ0) is 6.81. The molecule has 0 fully saturated rings. The third-order valence-electron chi connectivity index (χ3n) is 2.15. The van der Waals surface area contributed by atoms with Crippen molar-refractivity contribution in [2.75, 3.05) is 6.54 Å². The van der Waals surface area contributed by atoms with Crippen LogP contribution in [-0.4, -0.2) is 12.3 Å². The molecule has 1 unspecified atom stereocenters. The van der Waals surface area contributed by atoms with E-state index in [4.69, 9.17) is 0 Å². The SMILES string of the molecule is C1=CC2=[NH+]CCCC2C=C1. The van der Waals surface area contributed by atoms with Crippen molar-refractivity contribution in [3.05, 3.63) is 24.3 Å². The Hall–Kier alpha value is -0.850. The van der Waals surface area contributed by atoms with Crippen molar-refractivity contribution in [1.82, 2.24) is 0 Å². The van der Waals surface area contributed by atoms with Crippen LogP contribution in [0.2, 0.25) is 0 Å². The van der Waals surface area contributed by atoms with Gasteiger partial charge in [0.25, 0.3) is 0 Å². The summed E-state index contributed by atoms with van der Waals surface area (Å²) in [6.07, 6.45) is 11.3. The van der Waals surface area contributed by atoms with Gasteiger partial charge >= 0.3 is 0 Å². The molecule has 0 radical (unpaired) electrons. The molecule has 10 heavy (non-hydrogen) atoms. The van der Waals surface area contributed by atoms with E-state index in [1.54, 1.807) is 0 Å². The van der Waals surface area contributed by atoms with Gasteiger partial charge in [0, 0.05) is 12.5 Å². The molecule has 0 aromatic rings. The second-order valence-corrected chi connectivity index (χ2v) is 2.87. The molecule has 0 spiro atoms. The van der Waals surface area contributed by atoms with Crippen LogP contribution in [0.1, 0.15) is 12.8 Å². The quantitative estimate of drug-likeness (QED) is 0.481. The van der Waals surface area contributed by atoms with Gasteiger partial charge in [0.2, 0.25) is 0 Å². The van der Waals surface area contributed by atoms with Crippen LogP contribution >= 0.6 is 0 Å². The average molecular weight is 134 g/mol. The molecule has 52 valence electrons. The average Bonchev–Trinajstić information content (AvgIpc) is 2.05. The van der Waals surface area contributed by atoms with Gasteiger partial charge in [-0.3, -0.25) is 0 Å². The minimum absolute atomic E-state index is 0.693. The third kappa shape index (κ3) is 0.919. The Bertz CT molecular complexity index is 211. The standard InChI is InChI=1S/C9H11N/c1-2-6-9-8(4-1)5-3-7-10-9/h1-2,4,6,8H,3,5,7H2/p+1. The van der Waals surface area contributed by atoms with E-state index in [-0.39, 0.29) is 0 Å². The maximum Gasteiger partial charge on any atom is 0.181 e. The van der Waals surface area contributed by atoms with Crippen molar-refractivity contribution in [1.29, 1.82) is 0 Å². The smallest absolute Gasteiger partial charge is 0.181 e. The first-order chi connectivity index (χ1) is 4.97. The summed E-state index contributed by atoms with van der Waals surface area (Å²) in [7, 11) is 0. The molecule has 1 heterocycles. The molecule has 1 N–H and O–H groups in total. The van der Waals surface area contributed by atoms with E-state index in [2.05, 4.69) is 29.3 Å². The highest BCUT2D eigenvalue weighted by molar-refractivity contribution is 5.94. The van der Waals surface area contributed by atoms with Crippen LogP contribution in [0.4, 0.5) is 0 Å². The zero-order valence-corrected chi connectivity index (χ0v) is 6.01. The van der Waals surface area contributed by atoms with Crippen molar-refractivity contribution >= 4 is 5.71 Å². The fourth-order valence-corrected chi connectivity index (χ4v) is 1.58. The molecule has 0 aromatic heterocycles. The molecule has 0 amide bonds. The van der Waals surface area contributed by atoms with Gasteiger partial charge in [-0.15, -0.1) is 0 Å². The van der Waals surface area contributed by atoms with Crippen LogP contribution < -0.4 is 4.99 Å². The molecular weight excluding hydrogens is 122 g/mol. The highest BCUT2D eigenvalue weighted by atomic mass is 14.7. The highest BCUT2D eigenvalue weighted by Gasteiger charge is 2.20. The fourth-order valence-electron chi connectivity index (χ4n) is 1.58. The van der Waals surface area contributed by atoms with Crippen LogP contribution in [0.3, 0.4) is 0 Å². The molecule has 1 nitrogen and oxygen atoms in total. The van der Waals surface area contributed by atoms with Crippen molar-refractivity contribution in [3.8, 4) is 0 Å². The summed E-state index contributed by atoms with van der Waals surface area (Å²) in [5, 5.41) is 0. The third-order valence-corrected chi connectivity index (χ3v) is 2.15. The van der Waals surface area contributed by atoms with E-state index in [1.807, 2.05) is 0 Å². The van der Waals surface area contributed by atoms with Crippen molar-refractivity contribution in [2.24, 2.45) is 5.92 Å². The lowest BCUT2D eigenvalue weighted by Gasteiger charge is -2.13. The summed E-state index contributed by atoms with van der Waals surface area (Å²) in [6.45, 7) is 1.16. The molecule has 1 aliphatic carbocycles. The minimum Gasteiger partial charge on any atom is -0.245 e. The monoisotopic (exact) mass is 134 g/mol. The van der Waals surface area contributed by atoms with Crippen LogP contribution in [0, 0.1) is 5.92 Å². The summed E-state index contributed by atoms with van der Waals surface area (Å²) in [5.41, 5.74) is 1.41. The topological polar surface area (TPSA) is 14.0 Å². The number of nitrogens with one attached hydrogen (secondary N) is 1. The predicted molar refractivity (Wildman–Crippen MR) is 41.8 cm³/mol. The molecule has 0 bridgehead atoms. The summed E-state index contributed by atoms with van der Waals surface area (Å²) >= 11 is 0. The van der Waals surface area contributed by atoms with Gasteiger partial charge in [-0.25, -0.2) is 4.99 Å². The summed E-state index contributed by atoms with van der Waals surface area (Å²) < 4.78 is 0. The van der Waals surface area contributed by atoms with Gasteiger partial charge in [-0.1, -0.05) is 18.2 Å². The Kier molecular flexibility index (Phi) is 1.42. The number of fused-ring (bicyclic) bond motifs is 1. The summed E-state index contributed by atoms with van der Waals surface area (Å²) in [6, 6.07) is 0. The Morgan fingerprint density at radius 2 is 2.40 bits per heavy atom. The number of rotatable bonds is 0. The molecule has 0 saturated heterocycles. The Balaban J connectivity index is 2.27. The Labute approximate surface area is 61.2 Å². The van der Waals surface area contributed by atoms with E-state index in [9.17, 15) is 0 Å². The van der Waals surface area contributed by atoms with Gasteiger partial charge in [0.1, 0.15) is 6.54 Å². The van der Waals surface area contributed by atoms with Gasteiger partial charge in [0.15, 0.2) is 5.71 Å². The second kappa shape index (κ2) is 2.41. The second-order valence-electron chi connectivity index (χ2n) is 2.87. The van der Waals surface area contributed by atoms with Crippen LogP contribution in [0.5, 0.6) is 0 Å². The van der Waals surface area contributed by atoms with Gasteiger partial charge in [0.05, 0.1) is 5.92 Å². The first kappa shape index (κ1) is 5.90. The molecule has 1 aliphatic heterocycles. The Morgan fingerprint density at radius 1 is 1.40 bits per heavy atom. The van der Waals surface area contributed by atoms with E-state index in [1.165, 1.54) is 18.6 Å². The van der Waals surface area contributed by atoms with Crippen LogP contribution in [0.15, 0.2) is 24.3 Å². The zero-order valence-electron chi connectivity index (χ0n) is 6.01. The predicted octanol–water partition coefficient (Wildman–Crippen LogP) is 0.0440. The molecule has 2 aliphatic rings. The highest BCUT2D eigenvalue weighted by Crippen LogP contribution is 2.13. The van der Waals surface area contributed by atoms with E-state index in [0.29, 0.717) is 5.92 Å². The van der Waals surface area contributed by atoms with Crippen molar-refractivity contribution < 1.29 is 4.99 Å². The maximum atomic E-state index is 3.40. The molecular formula is C9H12N+. The van der Waals surface area contributed by atoms with Crippen LogP contribution in [0.25, 0.3) is 0 Å². The molecule has 0 saturated carbocycles. The lowest BCUT2D eigenvalue weighted by Crippen LogP contribution is -2.76. The maximum absolute atomic E-state index is 3.40. The first-order valence-corrected chi connectivity index (χ1v) is 3.92. The van der Waals surface area contributed by atoms with Crippen molar-refractivity contribution in [3.63, 3.8) is 0 Å². The lowest BCUT2D eigenvalue weighted by molar-refractivity contribution is -0.464. The van der Waals surface area contributed by atoms with E-state index in [0.717, 1.165) is 6.54 Å². The van der Waals surface area contributed by atoms with E-state index >= 15 is 0 Å². The molecule has 1 heteroatoms.